The molecule has 11 atom stereocenters. The summed E-state index contributed by atoms with van der Waals surface area (Å²) in [5, 5.41) is 11.9. The molecule has 2 aliphatic heterocycles. The molecule has 81 heavy (non-hydrogen) atoms. The Bertz CT molecular complexity index is 2930. The Balaban J connectivity index is 1.04. The Hall–Kier alpha value is -7.19. The summed E-state index contributed by atoms with van der Waals surface area (Å²) < 4.78 is 79.6. The number of ether oxygens (including phenoxy) is 12. The van der Waals surface area contributed by atoms with E-state index in [1.807, 2.05) is 182 Å². The highest BCUT2D eigenvalue weighted by molar-refractivity contribution is 5.60. The van der Waals surface area contributed by atoms with Crippen molar-refractivity contribution in [2.75, 3.05) is 26.9 Å². The molecule has 2 fully saturated rings. The highest BCUT2D eigenvalue weighted by Crippen LogP contribution is 2.35. The van der Waals surface area contributed by atoms with Crippen molar-refractivity contribution >= 4 is 11.8 Å². The Morgan fingerprint density at radius 3 is 1.16 bits per heavy atom. The molecule has 0 spiro atoms. The lowest BCUT2D eigenvalue weighted by Gasteiger charge is -2.47. The largest absolute Gasteiger partial charge is 0.508 e. The van der Waals surface area contributed by atoms with E-state index in [-0.39, 0.29) is 65.1 Å². The zero-order valence-corrected chi connectivity index (χ0v) is 45.4. The molecule has 2 saturated heterocycles. The van der Waals surface area contributed by atoms with E-state index in [2.05, 4.69) is 0 Å². The lowest BCUT2D eigenvalue weighted by molar-refractivity contribution is -0.385. The van der Waals surface area contributed by atoms with Gasteiger partial charge in [-0.1, -0.05) is 207 Å². The average Bonchev–Trinajstić information content (AvgIpc) is 3.66. The van der Waals surface area contributed by atoms with Crippen LogP contribution in [0, 0.1) is 10.1 Å². The first-order valence-electron chi connectivity index (χ1n) is 27.2. The Morgan fingerprint density at radius 1 is 0.432 bits per heavy atom. The molecule has 7 aromatic carbocycles. The maximum atomic E-state index is 13.6. The predicted molar refractivity (Wildman–Crippen MR) is 299 cm³/mol. The molecule has 2 heterocycles. The van der Waals surface area contributed by atoms with Gasteiger partial charge in [0.05, 0.1) is 51.2 Å². The lowest BCUT2D eigenvalue weighted by Crippen LogP contribution is -2.64. The number of nitro benzene ring substituents is 1. The summed E-state index contributed by atoms with van der Waals surface area (Å²) in [6.45, 7) is 2.11. The third-order valence-corrected chi connectivity index (χ3v) is 14.0. The molecule has 2 aliphatic rings. The third kappa shape index (κ3) is 16.9. The van der Waals surface area contributed by atoms with Crippen molar-refractivity contribution in [2.45, 2.75) is 114 Å². The quantitative estimate of drug-likeness (QED) is 0.0258. The van der Waals surface area contributed by atoms with E-state index in [4.69, 9.17) is 56.8 Å². The monoisotopic (exact) mass is 1100 g/mol. The second kappa shape index (κ2) is 30.6. The molecule has 0 amide bonds. The molecule has 16 heteroatoms. The van der Waals surface area contributed by atoms with Gasteiger partial charge in [0, 0.05) is 24.7 Å². The molecule has 7 aromatic rings. The number of nitro groups is 1. The zero-order valence-electron chi connectivity index (χ0n) is 45.4. The van der Waals surface area contributed by atoms with Gasteiger partial charge < -0.3 is 56.8 Å². The number of hydrogen-bond donors (Lipinski definition) is 0. The summed E-state index contributed by atoms with van der Waals surface area (Å²) in [5.41, 5.74) is 5.81. The van der Waals surface area contributed by atoms with Crippen molar-refractivity contribution < 1.29 is 66.6 Å². The van der Waals surface area contributed by atoms with Crippen LogP contribution in [0.1, 0.15) is 51.8 Å². The molecular weight excluding hydrogens is 1030 g/mol. The van der Waals surface area contributed by atoms with Gasteiger partial charge in [0.25, 0.3) is 5.69 Å². The van der Waals surface area contributed by atoms with Crippen molar-refractivity contribution in [3.63, 3.8) is 0 Å². The number of carbonyl (C=O) groups excluding carboxylic acids is 1. The van der Waals surface area contributed by atoms with Crippen LogP contribution in [0.25, 0.3) is 0 Å². The molecule has 0 saturated carbocycles. The maximum Gasteiger partial charge on any atom is 0.508 e. The molecule has 0 radical (unpaired) electrons. The van der Waals surface area contributed by atoms with Crippen LogP contribution in [0.4, 0.5) is 10.5 Å². The van der Waals surface area contributed by atoms with Crippen molar-refractivity contribution in [1.29, 1.82) is 0 Å². The van der Waals surface area contributed by atoms with Crippen LogP contribution in [0.5, 0.6) is 0 Å². The molecule has 9 rings (SSSR count). The summed E-state index contributed by atoms with van der Waals surface area (Å²) in [7, 11) is 1.56. The van der Waals surface area contributed by atoms with E-state index < -0.39 is 78.4 Å². The molecule has 0 aromatic heterocycles. The van der Waals surface area contributed by atoms with Crippen LogP contribution in [-0.4, -0.2) is 99.4 Å². The van der Waals surface area contributed by atoms with E-state index in [1.165, 1.54) is 6.07 Å². The number of nitrogens with zero attached hydrogens (tertiary/aromatic N) is 1. The zero-order chi connectivity index (χ0) is 56.0. The van der Waals surface area contributed by atoms with Gasteiger partial charge in [-0.2, -0.15) is 0 Å². The normalized spacial score (nSPS) is 23.0. The predicted octanol–water partition coefficient (Wildman–Crippen LogP) is 11.5. The Labute approximate surface area is 472 Å². The second-order valence-corrected chi connectivity index (χ2v) is 19.8. The molecule has 0 aliphatic carbocycles. The van der Waals surface area contributed by atoms with Crippen LogP contribution in [-0.2, 0) is 96.5 Å². The van der Waals surface area contributed by atoms with Crippen LogP contribution in [0.15, 0.2) is 206 Å². The Kier molecular flexibility index (Phi) is 22.1. The molecule has 16 nitrogen and oxygen atoms in total. The first-order valence-corrected chi connectivity index (χ1v) is 27.2. The number of rotatable bonds is 28. The van der Waals surface area contributed by atoms with E-state index in [9.17, 15) is 14.9 Å². The molecule has 0 bridgehead atoms. The lowest BCUT2D eigenvalue weighted by atomic mass is 9.97. The van der Waals surface area contributed by atoms with Crippen LogP contribution < -0.4 is 0 Å². The maximum absolute atomic E-state index is 13.6. The molecule has 424 valence electrons. The van der Waals surface area contributed by atoms with Gasteiger partial charge in [-0.3, -0.25) is 10.1 Å². The Morgan fingerprint density at radius 2 is 0.765 bits per heavy atom. The van der Waals surface area contributed by atoms with Gasteiger partial charge in [0.15, 0.2) is 12.6 Å². The minimum absolute atomic E-state index is 0.0792. The van der Waals surface area contributed by atoms with Crippen LogP contribution in [0.3, 0.4) is 0 Å². The summed E-state index contributed by atoms with van der Waals surface area (Å²) in [5.74, 6) is -0.530. The standard InChI is InChI=1S/C65H69NO15/c1-46(53-35-21-22-36-54(53)66(68)69)37-78-65(67)79-45-56-58(72-39-48-25-11-4-12-26-48)60(74-41-50-29-15-6-16-30-50)62(76-43-52-33-19-8-20-34-52)64(81-56)77-44-55-57(71-38-47-23-9-3-10-24-47)59(73-40-49-27-13-5-14-28-49)61(63(70-2)80-55)75-42-51-31-17-7-18-32-51/h3-36,46,55-64H,37-45H2,1-2H3/t46?,55-,56-,57-,58+,59+,60+,61-,62-,63+,64-/m1/s1. The molecular formula is C65H69NO15. The minimum Gasteiger partial charge on any atom is -0.434 e. The smallest absolute Gasteiger partial charge is 0.434 e. The number of methoxy groups -OCH3 is 1. The van der Waals surface area contributed by atoms with Gasteiger partial charge in [0.2, 0.25) is 0 Å². The van der Waals surface area contributed by atoms with E-state index >= 15 is 0 Å². The number of para-hydroxylation sites is 1. The van der Waals surface area contributed by atoms with Crippen molar-refractivity contribution in [3.05, 3.63) is 255 Å². The first-order chi connectivity index (χ1) is 39.8. The fraction of sp³-hybridized carbons (Fsp3) is 0.338. The summed E-state index contributed by atoms with van der Waals surface area (Å²) in [6.07, 6.45) is -10.3. The van der Waals surface area contributed by atoms with E-state index in [0.717, 1.165) is 33.4 Å². The SMILES string of the molecule is CO[C@H]1O[C@H](CO[C@@H]2O[C@H](COC(=O)OCC(C)c3ccccc3[N+](=O)[O-])[C@H](OCc3ccccc3)[C@H](OCc3ccccc3)[C@H]2OCc2ccccc2)[C@@H](OCc2ccccc2)[C@H](OCc2ccccc2)[C@H]1OCc1ccccc1. The second-order valence-electron chi connectivity index (χ2n) is 19.8. The number of hydrogen-bond acceptors (Lipinski definition) is 15. The van der Waals surface area contributed by atoms with Crippen molar-refractivity contribution in [2.24, 2.45) is 0 Å². The first kappa shape index (κ1) is 58.5. The average molecular weight is 1100 g/mol. The fourth-order valence-corrected chi connectivity index (χ4v) is 9.82. The van der Waals surface area contributed by atoms with Crippen LogP contribution >= 0.6 is 0 Å². The van der Waals surface area contributed by atoms with E-state index in [0.29, 0.717) is 5.56 Å². The molecule has 0 N–H and O–H groups in total. The topological polar surface area (TPSA) is 171 Å². The summed E-state index contributed by atoms with van der Waals surface area (Å²) in [6, 6.07) is 65.0. The number of benzene rings is 7. The number of carbonyl (C=O) groups is 1. The van der Waals surface area contributed by atoms with E-state index in [1.54, 1.807) is 32.2 Å². The van der Waals surface area contributed by atoms with Crippen LogP contribution in [0.2, 0.25) is 0 Å². The van der Waals surface area contributed by atoms with Gasteiger partial charge in [0.1, 0.15) is 62.0 Å². The highest BCUT2D eigenvalue weighted by atomic mass is 16.8. The highest BCUT2D eigenvalue weighted by Gasteiger charge is 2.52. The van der Waals surface area contributed by atoms with Gasteiger partial charge >= 0.3 is 6.16 Å². The summed E-state index contributed by atoms with van der Waals surface area (Å²) >= 11 is 0. The van der Waals surface area contributed by atoms with Crippen molar-refractivity contribution in [1.82, 2.24) is 0 Å². The minimum atomic E-state index is -1.22. The third-order valence-electron chi connectivity index (χ3n) is 14.0. The van der Waals surface area contributed by atoms with Gasteiger partial charge in [-0.15, -0.1) is 0 Å². The summed E-state index contributed by atoms with van der Waals surface area (Å²) in [4.78, 5) is 25.0. The van der Waals surface area contributed by atoms with Gasteiger partial charge in [-0.25, -0.2) is 4.79 Å². The molecule has 1 unspecified atom stereocenters. The fourth-order valence-electron chi connectivity index (χ4n) is 9.82. The van der Waals surface area contributed by atoms with Gasteiger partial charge in [-0.05, 0) is 33.4 Å². The van der Waals surface area contributed by atoms with Crippen molar-refractivity contribution in [3.8, 4) is 0 Å².